The number of rotatable bonds is 5. The highest BCUT2D eigenvalue weighted by Gasteiger charge is 2.35. The smallest absolute Gasteiger partial charge is 0.170 e. The largest absolute Gasteiger partial charge is 0.362 e. The van der Waals surface area contributed by atoms with Gasteiger partial charge in [0.15, 0.2) is 5.11 Å². The summed E-state index contributed by atoms with van der Waals surface area (Å²) >= 11 is 5.58. The number of hydrogen-bond donors (Lipinski definition) is 2. The van der Waals surface area contributed by atoms with Crippen LogP contribution in [0.5, 0.6) is 0 Å². The van der Waals surface area contributed by atoms with E-state index >= 15 is 0 Å². The van der Waals surface area contributed by atoms with E-state index < -0.39 is 0 Å². The zero-order chi connectivity index (χ0) is 20.1. The predicted molar refractivity (Wildman–Crippen MR) is 125 cm³/mol. The van der Waals surface area contributed by atoms with Gasteiger partial charge < -0.3 is 20.4 Å². The molecule has 154 valence electrons. The van der Waals surface area contributed by atoms with Crippen LogP contribution in [0.15, 0.2) is 48.7 Å². The first-order valence-corrected chi connectivity index (χ1v) is 11.1. The van der Waals surface area contributed by atoms with Gasteiger partial charge in [0.05, 0.1) is 11.9 Å². The number of thiocarbonyl (C=S) groups is 1. The summed E-state index contributed by atoms with van der Waals surface area (Å²) in [5.41, 5.74) is 2.54. The Labute approximate surface area is 179 Å². The second kappa shape index (κ2) is 9.09. The first-order valence-electron chi connectivity index (χ1n) is 10.6. The number of pyridine rings is 1. The average Bonchev–Trinajstić information content (AvgIpc) is 3.24. The van der Waals surface area contributed by atoms with E-state index in [1.807, 2.05) is 6.20 Å². The summed E-state index contributed by atoms with van der Waals surface area (Å²) in [6.07, 6.45) is 6.88. The van der Waals surface area contributed by atoms with Gasteiger partial charge in [-0.05, 0) is 49.8 Å². The maximum atomic E-state index is 5.58. The summed E-state index contributed by atoms with van der Waals surface area (Å²) in [5, 5.41) is 7.44. The molecule has 29 heavy (non-hydrogen) atoms. The molecule has 2 fully saturated rings. The number of aromatic nitrogens is 1. The Morgan fingerprint density at radius 2 is 1.76 bits per heavy atom. The lowest BCUT2D eigenvalue weighted by Gasteiger charge is -2.33. The van der Waals surface area contributed by atoms with Crippen LogP contribution in [0.25, 0.3) is 0 Å². The maximum absolute atomic E-state index is 5.58. The summed E-state index contributed by atoms with van der Waals surface area (Å²) in [7, 11) is 2.17. The lowest BCUT2D eigenvalue weighted by Crippen LogP contribution is -2.44. The summed E-state index contributed by atoms with van der Waals surface area (Å²) < 4.78 is 0. The Balaban J connectivity index is 1.32. The van der Waals surface area contributed by atoms with E-state index in [1.165, 1.54) is 31.2 Å². The molecule has 1 aliphatic carbocycles. The molecule has 0 radical (unpaired) electrons. The lowest BCUT2D eigenvalue weighted by molar-refractivity contribution is 0.312. The van der Waals surface area contributed by atoms with E-state index in [4.69, 9.17) is 12.2 Å². The van der Waals surface area contributed by atoms with Gasteiger partial charge in [0.1, 0.15) is 5.82 Å². The Hall–Kier alpha value is -2.18. The Morgan fingerprint density at radius 3 is 2.41 bits per heavy atom. The molecule has 1 saturated carbocycles. The minimum atomic E-state index is 0.191. The van der Waals surface area contributed by atoms with Crippen molar-refractivity contribution in [1.29, 1.82) is 0 Å². The molecule has 0 bridgehead atoms. The molecule has 4 rings (SSSR count). The number of benzene rings is 1. The van der Waals surface area contributed by atoms with Gasteiger partial charge in [0, 0.05) is 38.1 Å². The molecule has 2 N–H and O–H groups in total. The van der Waals surface area contributed by atoms with Gasteiger partial charge in [0.25, 0.3) is 0 Å². The number of likely N-dealkylation sites (N-methyl/N-ethyl adjacent to an activating group) is 1. The fraction of sp³-hybridized carbons (Fsp3) is 0.478. The van der Waals surface area contributed by atoms with Crippen LogP contribution >= 0.6 is 12.2 Å². The van der Waals surface area contributed by atoms with Gasteiger partial charge in [-0.15, -0.1) is 0 Å². The molecule has 1 aliphatic heterocycles. The third-order valence-electron chi connectivity index (χ3n) is 6.37. The van der Waals surface area contributed by atoms with Crippen molar-refractivity contribution in [2.45, 2.75) is 31.1 Å². The van der Waals surface area contributed by atoms with Gasteiger partial charge in [-0.3, -0.25) is 0 Å². The lowest BCUT2D eigenvalue weighted by atomic mass is 9.79. The standard InChI is InChI=1S/C23H31N5S/c1-27-13-15-28(16-14-27)21-10-9-20(17-24-21)26-22(29)25-18-23(11-5-6-12-23)19-7-3-2-4-8-19/h2-4,7-10,17H,5-6,11-16,18H2,1H3,(H2,25,26,29). The number of nitrogens with one attached hydrogen (secondary N) is 2. The van der Waals surface area contributed by atoms with E-state index in [2.05, 4.69) is 74.9 Å². The third-order valence-corrected chi connectivity index (χ3v) is 6.61. The van der Waals surface area contributed by atoms with Gasteiger partial charge in [-0.2, -0.15) is 0 Å². The molecule has 2 heterocycles. The van der Waals surface area contributed by atoms with Crippen molar-refractivity contribution in [3.05, 3.63) is 54.2 Å². The second-order valence-electron chi connectivity index (χ2n) is 8.36. The van der Waals surface area contributed by atoms with Crippen molar-refractivity contribution in [1.82, 2.24) is 15.2 Å². The van der Waals surface area contributed by atoms with Gasteiger partial charge in [-0.1, -0.05) is 43.2 Å². The Morgan fingerprint density at radius 1 is 1.03 bits per heavy atom. The summed E-state index contributed by atoms with van der Waals surface area (Å²) in [4.78, 5) is 9.32. The predicted octanol–water partition coefficient (Wildman–Crippen LogP) is 3.63. The molecule has 0 amide bonds. The molecule has 2 aliphatic rings. The number of anilines is 2. The number of nitrogens with zero attached hydrogens (tertiary/aromatic N) is 3. The average molecular weight is 410 g/mol. The van der Waals surface area contributed by atoms with Crippen LogP contribution < -0.4 is 15.5 Å². The van der Waals surface area contributed by atoms with Crippen LogP contribution in [0, 0.1) is 0 Å². The van der Waals surface area contributed by atoms with E-state index in [0.717, 1.165) is 44.2 Å². The van der Waals surface area contributed by atoms with Crippen LogP contribution in [0.1, 0.15) is 31.2 Å². The zero-order valence-corrected chi connectivity index (χ0v) is 18.0. The molecule has 2 aromatic rings. The van der Waals surface area contributed by atoms with Crippen LogP contribution in [0.2, 0.25) is 0 Å². The third kappa shape index (κ3) is 4.87. The first-order chi connectivity index (χ1) is 14.1. The molecule has 1 aromatic carbocycles. The molecule has 1 saturated heterocycles. The van der Waals surface area contributed by atoms with E-state index in [0.29, 0.717) is 5.11 Å². The molecule has 0 atom stereocenters. The zero-order valence-electron chi connectivity index (χ0n) is 17.2. The molecule has 6 heteroatoms. The summed E-state index contributed by atoms with van der Waals surface area (Å²) in [6.45, 7) is 5.09. The second-order valence-corrected chi connectivity index (χ2v) is 8.76. The maximum Gasteiger partial charge on any atom is 0.170 e. The Kier molecular flexibility index (Phi) is 6.31. The molecule has 0 spiro atoms. The van der Waals surface area contributed by atoms with Gasteiger partial charge >= 0.3 is 0 Å². The van der Waals surface area contributed by atoms with Crippen molar-refractivity contribution < 1.29 is 0 Å². The quantitative estimate of drug-likeness (QED) is 0.735. The van der Waals surface area contributed by atoms with E-state index in [-0.39, 0.29) is 5.41 Å². The molecular weight excluding hydrogens is 378 g/mol. The molecular formula is C23H31N5S. The van der Waals surface area contributed by atoms with Crippen LogP contribution in [0.3, 0.4) is 0 Å². The summed E-state index contributed by atoms with van der Waals surface area (Å²) in [5.74, 6) is 1.04. The van der Waals surface area contributed by atoms with Gasteiger partial charge in [0.2, 0.25) is 0 Å². The van der Waals surface area contributed by atoms with Gasteiger partial charge in [-0.25, -0.2) is 4.98 Å². The van der Waals surface area contributed by atoms with Crippen molar-refractivity contribution in [2.24, 2.45) is 0 Å². The highest BCUT2D eigenvalue weighted by Crippen LogP contribution is 2.40. The van der Waals surface area contributed by atoms with Crippen molar-refractivity contribution >= 4 is 28.8 Å². The SMILES string of the molecule is CN1CCN(c2ccc(NC(=S)NCC3(c4ccccc4)CCCC3)cn2)CC1. The minimum Gasteiger partial charge on any atom is -0.362 e. The number of piperazine rings is 1. The molecule has 0 unspecified atom stereocenters. The topological polar surface area (TPSA) is 43.4 Å². The molecule has 5 nitrogen and oxygen atoms in total. The minimum absolute atomic E-state index is 0.191. The van der Waals surface area contributed by atoms with Crippen molar-refractivity contribution in [2.75, 3.05) is 50.0 Å². The van der Waals surface area contributed by atoms with Crippen molar-refractivity contribution in [3.63, 3.8) is 0 Å². The van der Waals surface area contributed by atoms with Crippen LogP contribution in [-0.4, -0.2) is 54.8 Å². The van der Waals surface area contributed by atoms with Crippen LogP contribution in [0.4, 0.5) is 11.5 Å². The van der Waals surface area contributed by atoms with E-state index in [9.17, 15) is 0 Å². The Bertz CT molecular complexity index is 794. The highest BCUT2D eigenvalue weighted by atomic mass is 32.1. The summed E-state index contributed by atoms with van der Waals surface area (Å²) in [6, 6.07) is 15.0. The fourth-order valence-corrected chi connectivity index (χ4v) is 4.71. The van der Waals surface area contributed by atoms with E-state index in [1.54, 1.807) is 0 Å². The first kappa shape index (κ1) is 20.1. The van der Waals surface area contributed by atoms with Crippen LogP contribution in [-0.2, 0) is 5.41 Å². The number of hydrogen-bond acceptors (Lipinski definition) is 4. The normalized spacial score (nSPS) is 19.1. The highest BCUT2D eigenvalue weighted by molar-refractivity contribution is 7.80. The monoisotopic (exact) mass is 409 g/mol. The fourth-order valence-electron chi connectivity index (χ4n) is 4.52. The molecule has 1 aromatic heterocycles. The van der Waals surface area contributed by atoms with Crippen molar-refractivity contribution in [3.8, 4) is 0 Å².